The number of carbonyl (C=O) groups is 2. The summed E-state index contributed by atoms with van der Waals surface area (Å²) in [5.41, 5.74) is 1.54. The Hall–Kier alpha value is -2.60. The van der Waals surface area contributed by atoms with Crippen LogP contribution >= 0.6 is 23.7 Å². The second-order valence-corrected chi connectivity index (χ2v) is 12.2. The highest BCUT2D eigenvalue weighted by molar-refractivity contribution is 7.19. The molecule has 3 atom stereocenters. The summed E-state index contributed by atoms with van der Waals surface area (Å²) in [7, 11) is 0. The standard InChI is InChI=1S/C27H28F3N5O2S.ClH/c1-13-8-19(27(28,29)30)34-22(17(13)9-14-11-31-6-7-32-14)16-4-5-33-18-10-15(38-23(16)18)12-35-24(36)20-21(25(35)37)26(20,2)3;/h4-5,8,10,14,20-21,31-32H,6-7,9,11-12H2,1-3H3;1H. The number of carbonyl (C=O) groups excluding carboxylic acids is 2. The first-order valence-corrected chi connectivity index (χ1v) is 13.5. The Labute approximate surface area is 234 Å². The van der Waals surface area contributed by atoms with Crippen LogP contribution in [0.2, 0.25) is 0 Å². The first kappa shape index (κ1) is 27.9. The normalized spacial score (nSPS) is 24.2. The highest BCUT2D eigenvalue weighted by Gasteiger charge is 2.72. The van der Waals surface area contributed by atoms with E-state index in [-0.39, 0.29) is 54.1 Å². The molecule has 6 rings (SSSR count). The fourth-order valence-electron chi connectivity index (χ4n) is 6.00. The van der Waals surface area contributed by atoms with Crippen LogP contribution in [-0.2, 0) is 28.7 Å². The van der Waals surface area contributed by atoms with E-state index >= 15 is 0 Å². The number of imide groups is 1. The van der Waals surface area contributed by atoms with Crippen LogP contribution in [0, 0.1) is 24.2 Å². The lowest BCUT2D eigenvalue weighted by Crippen LogP contribution is -2.49. The molecule has 0 spiro atoms. The van der Waals surface area contributed by atoms with Gasteiger partial charge in [-0.25, -0.2) is 4.98 Å². The Balaban J connectivity index is 0.00000308. The molecule has 0 bridgehead atoms. The van der Waals surface area contributed by atoms with Crippen LogP contribution in [0.5, 0.6) is 0 Å². The fraction of sp³-hybridized carbons (Fsp3) is 0.481. The van der Waals surface area contributed by atoms with Crippen molar-refractivity contribution in [2.75, 3.05) is 19.6 Å². The number of piperazine rings is 1. The maximum atomic E-state index is 13.8. The van der Waals surface area contributed by atoms with Crippen molar-refractivity contribution in [2.24, 2.45) is 17.3 Å². The molecule has 208 valence electrons. The topological polar surface area (TPSA) is 87.2 Å². The summed E-state index contributed by atoms with van der Waals surface area (Å²) >= 11 is 1.34. The van der Waals surface area contributed by atoms with Gasteiger partial charge in [-0.05, 0) is 48.1 Å². The maximum Gasteiger partial charge on any atom is 0.433 e. The Morgan fingerprint density at radius 2 is 1.87 bits per heavy atom. The lowest BCUT2D eigenvalue weighted by molar-refractivity contribution is -0.144. The molecule has 2 N–H and O–H groups in total. The number of fused-ring (bicyclic) bond motifs is 2. The van der Waals surface area contributed by atoms with Crippen molar-refractivity contribution >= 4 is 45.8 Å². The molecule has 2 aliphatic heterocycles. The molecular formula is C27H29ClF3N5O2S. The summed E-state index contributed by atoms with van der Waals surface area (Å²) in [5.74, 6) is -0.829. The highest BCUT2D eigenvalue weighted by atomic mass is 35.5. The molecule has 7 nitrogen and oxygen atoms in total. The van der Waals surface area contributed by atoms with Crippen molar-refractivity contribution in [3.63, 3.8) is 0 Å². The quantitative estimate of drug-likeness (QED) is 0.437. The van der Waals surface area contributed by atoms with Gasteiger partial charge in [-0.1, -0.05) is 13.8 Å². The predicted octanol–water partition coefficient (Wildman–Crippen LogP) is 4.35. The number of aromatic nitrogens is 2. The molecule has 3 aliphatic rings. The summed E-state index contributed by atoms with van der Waals surface area (Å²) in [6.45, 7) is 8.05. The van der Waals surface area contributed by atoms with Crippen LogP contribution in [0.1, 0.15) is 35.5 Å². The zero-order valence-electron chi connectivity index (χ0n) is 21.7. The van der Waals surface area contributed by atoms with E-state index in [0.29, 0.717) is 40.0 Å². The molecule has 3 aromatic rings. The minimum Gasteiger partial charge on any atom is -0.314 e. The number of nitrogens with one attached hydrogen (secondary N) is 2. The molecule has 0 radical (unpaired) electrons. The van der Waals surface area contributed by atoms with Gasteiger partial charge < -0.3 is 10.6 Å². The number of thiophene rings is 1. The Bertz CT molecular complexity index is 1440. The molecular weight excluding hydrogens is 551 g/mol. The summed E-state index contributed by atoms with van der Waals surface area (Å²) in [6, 6.07) is 4.69. The van der Waals surface area contributed by atoms with Crippen LogP contribution in [0.4, 0.5) is 13.2 Å². The van der Waals surface area contributed by atoms with E-state index in [1.54, 1.807) is 19.2 Å². The van der Waals surface area contributed by atoms with Gasteiger partial charge in [0.1, 0.15) is 5.69 Å². The van der Waals surface area contributed by atoms with E-state index in [1.807, 2.05) is 19.9 Å². The van der Waals surface area contributed by atoms with Crippen molar-refractivity contribution < 1.29 is 22.8 Å². The van der Waals surface area contributed by atoms with Crippen molar-refractivity contribution in [1.82, 2.24) is 25.5 Å². The number of amides is 2. The Morgan fingerprint density at radius 1 is 1.15 bits per heavy atom. The minimum atomic E-state index is -4.58. The van der Waals surface area contributed by atoms with E-state index in [4.69, 9.17) is 0 Å². The van der Waals surface area contributed by atoms with Gasteiger partial charge in [0.05, 0.1) is 34.3 Å². The maximum absolute atomic E-state index is 13.8. The van der Waals surface area contributed by atoms with Crippen LogP contribution in [0.25, 0.3) is 21.5 Å². The van der Waals surface area contributed by atoms with Crippen LogP contribution in [-0.4, -0.2) is 52.4 Å². The molecule has 1 saturated carbocycles. The third kappa shape index (κ3) is 4.73. The van der Waals surface area contributed by atoms with Crippen molar-refractivity contribution in [1.29, 1.82) is 0 Å². The van der Waals surface area contributed by atoms with E-state index in [2.05, 4.69) is 20.6 Å². The fourth-order valence-corrected chi connectivity index (χ4v) is 7.11. The van der Waals surface area contributed by atoms with Gasteiger partial charge in [0.25, 0.3) is 0 Å². The number of rotatable bonds is 5. The van der Waals surface area contributed by atoms with Crippen molar-refractivity contribution in [3.8, 4) is 11.3 Å². The molecule has 2 amide bonds. The number of likely N-dealkylation sites (tertiary alicyclic amines) is 1. The number of aryl methyl sites for hydroxylation is 1. The lowest BCUT2D eigenvalue weighted by Gasteiger charge is -2.26. The van der Waals surface area contributed by atoms with Gasteiger partial charge in [-0.3, -0.25) is 19.5 Å². The smallest absolute Gasteiger partial charge is 0.314 e. The second-order valence-electron chi connectivity index (χ2n) is 11.0. The van der Waals surface area contributed by atoms with Crippen LogP contribution < -0.4 is 10.6 Å². The Morgan fingerprint density at radius 3 is 2.51 bits per heavy atom. The predicted molar refractivity (Wildman–Crippen MR) is 145 cm³/mol. The van der Waals surface area contributed by atoms with Crippen LogP contribution in [0.3, 0.4) is 0 Å². The van der Waals surface area contributed by atoms with Gasteiger partial charge >= 0.3 is 6.18 Å². The number of alkyl halides is 3. The van der Waals surface area contributed by atoms with Crippen molar-refractivity contribution in [3.05, 3.63) is 46.1 Å². The van der Waals surface area contributed by atoms with E-state index in [0.717, 1.165) is 29.6 Å². The number of hydrogen-bond acceptors (Lipinski definition) is 7. The second kappa shape index (κ2) is 9.79. The van der Waals surface area contributed by atoms with Gasteiger partial charge in [0.2, 0.25) is 11.8 Å². The van der Waals surface area contributed by atoms with E-state index in [9.17, 15) is 22.8 Å². The molecule has 2 saturated heterocycles. The molecule has 12 heteroatoms. The Kier molecular flexibility index (Phi) is 7.02. The lowest BCUT2D eigenvalue weighted by atomic mass is 9.94. The molecule has 0 aromatic carbocycles. The molecule has 1 aliphatic carbocycles. The number of piperidine rings is 1. The number of nitrogens with zero attached hydrogens (tertiary/aromatic N) is 3. The highest BCUT2D eigenvalue weighted by Crippen LogP contribution is 2.63. The van der Waals surface area contributed by atoms with Crippen molar-refractivity contribution in [2.45, 2.75) is 46.0 Å². The molecule has 39 heavy (non-hydrogen) atoms. The SMILES string of the molecule is Cc1cc(C(F)(F)F)nc(-c2ccnc3cc(CN4C(=O)C5C(C4=O)C5(C)C)sc23)c1CC1CNCCN1.Cl. The first-order valence-electron chi connectivity index (χ1n) is 12.7. The van der Waals surface area contributed by atoms with Gasteiger partial charge in [-0.15, -0.1) is 23.7 Å². The van der Waals surface area contributed by atoms with Gasteiger partial charge in [0, 0.05) is 42.3 Å². The number of halogens is 4. The van der Waals surface area contributed by atoms with Crippen LogP contribution in [0.15, 0.2) is 24.4 Å². The monoisotopic (exact) mass is 579 g/mol. The summed E-state index contributed by atoms with van der Waals surface area (Å²) in [4.78, 5) is 36.3. The number of pyridine rings is 2. The molecule has 5 heterocycles. The van der Waals surface area contributed by atoms with E-state index in [1.165, 1.54) is 16.2 Å². The van der Waals surface area contributed by atoms with Gasteiger partial charge in [0.15, 0.2) is 0 Å². The van der Waals surface area contributed by atoms with Gasteiger partial charge in [-0.2, -0.15) is 13.2 Å². The summed E-state index contributed by atoms with van der Waals surface area (Å²) < 4.78 is 42.1. The molecule has 3 fully saturated rings. The largest absolute Gasteiger partial charge is 0.433 e. The minimum absolute atomic E-state index is 0. The zero-order valence-corrected chi connectivity index (χ0v) is 23.3. The third-order valence-electron chi connectivity index (χ3n) is 8.14. The third-order valence-corrected chi connectivity index (χ3v) is 9.28. The molecule has 3 unspecified atom stereocenters. The zero-order chi connectivity index (χ0) is 27.0. The summed E-state index contributed by atoms with van der Waals surface area (Å²) in [5, 5.41) is 6.75. The average Bonchev–Trinajstić information content (AvgIpc) is 3.10. The average molecular weight is 580 g/mol. The summed E-state index contributed by atoms with van der Waals surface area (Å²) in [6.07, 6.45) is -2.49. The number of hydrogen-bond donors (Lipinski definition) is 2. The van der Waals surface area contributed by atoms with E-state index < -0.39 is 11.9 Å². The molecule has 3 aromatic heterocycles. The first-order chi connectivity index (χ1) is 18.0.